The number of thiocarbonyl (C=S) groups is 1. The Morgan fingerprint density at radius 2 is 1.92 bits per heavy atom. The molecule has 1 amide bonds. The predicted molar refractivity (Wildman–Crippen MR) is 110 cm³/mol. The molecule has 2 aromatic rings. The number of ether oxygens (including phenoxy) is 1. The zero-order valence-electron chi connectivity index (χ0n) is 13.2. The van der Waals surface area contributed by atoms with Gasteiger partial charge in [-0.2, -0.15) is 0 Å². The van der Waals surface area contributed by atoms with Gasteiger partial charge >= 0.3 is 0 Å². The summed E-state index contributed by atoms with van der Waals surface area (Å²) in [7, 11) is 0. The Balaban J connectivity index is 1.89. The first-order valence-electron chi connectivity index (χ1n) is 7.46. The second-order valence-electron chi connectivity index (χ2n) is 5.09. The Labute approximate surface area is 165 Å². The van der Waals surface area contributed by atoms with E-state index in [2.05, 4.69) is 0 Å². The molecule has 0 atom stereocenters. The number of carbonyl (C=O) groups is 1. The van der Waals surface area contributed by atoms with Gasteiger partial charge in [0.1, 0.15) is 5.75 Å². The van der Waals surface area contributed by atoms with Gasteiger partial charge in [0.2, 0.25) is 0 Å². The van der Waals surface area contributed by atoms with E-state index < -0.39 is 0 Å². The van der Waals surface area contributed by atoms with Crippen LogP contribution in [-0.4, -0.2) is 16.8 Å². The van der Waals surface area contributed by atoms with E-state index in [1.165, 1.54) is 16.7 Å². The summed E-state index contributed by atoms with van der Waals surface area (Å²) in [5.41, 5.74) is 1.38. The van der Waals surface area contributed by atoms with Crippen LogP contribution in [0.3, 0.4) is 0 Å². The fourth-order valence-electron chi connectivity index (χ4n) is 2.32. The highest BCUT2D eigenvalue weighted by Crippen LogP contribution is 2.38. The first-order chi connectivity index (χ1) is 12.0. The summed E-state index contributed by atoms with van der Waals surface area (Å²) < 4.78 is 5.89. The Morgan fingerprint density at radius 3 is 2.60 bits per heavy atom. The quantitative estimate of drug-likeness (QED) is 0.471. The van der Waals surface area contributed by atoms with Crippen LogP contribution >= 0.6 is 47.2 Å². The van der Waals surface area contributed by atoms with Crippen LogP contribution in [0.4, 0.5) is 5.69 Å². The number of nitrogens with zero attached hydrogens (tertiary/aromatic N) is 1. The van der Waals surface area contributed by atoms with Gasteiger partial charge in [-0.1, -0.05) is 59.3 Å². The molecule has 0 radical (unpaired) electrons. The number of rotatable bonds is 4. The molecule has 1 heterocycles. The van der Waals surface area contributed by atoms with Gasteiger partial charge in [0.25, 0.3) is 5.91 Å². The van der Waals surface area contributed by atoms with Crippen LogP contribution in [-0.2, 0) is 4.79 Å². The highest BCUT2D eigenvalue weighted by molar-refractivity contribution is 8.27. The molecular weight excluding hydrogens is 397 g/mol. The van der Waals surface area contributed by atoms with Crippen LogP contribution < -0.4 is 9.64 Å². The van der Waals surface area contributed by atoms with Crippen LogP contribution in [0.1, 0.15) is 12.5 Å². The first-order valence-corrected chi connectivity index (χ1v) is 9.44. The van der Waals surface area contributed by atoms with E-state index in [1.54, 1.807) is 24.3 Å². The number of hydrogen-bond acceptors (Lipinski definition) is 4. The number of amides is 1. The summed E-state index contributed by atoms with van der Waals surface area (Å²) in [5, 5.41) is 0.855. The second kappa shape index (κ2) is 7.79. The van der Waals surface area contributed by atoms with Crippen molar-refractivity contribution in [2.24, 2.45) is 0 Å². The number of hydrogen-bond donors (Lipinski definition) is 0. The Bertz CT molecular complexity index is 866. The zero-order valence-corrected chi connectivity index (χ0v) is 16.3. The van der Waals surface area contributed by atoms with Crippen molar-refractivity contribution in [2.45, 2.75) is 6.92 Å². The standard InChI is InChI=1S/C18H13Cl2NO2S2/c1-2-23-13-8-6-12(7-9-13)21-17(22)15(25-18(21)24)10-11-4-3-5-14(19)16(11)20/h3-10H,2H2,1H3/b15-10+. The lowest BCUT2D eigenvalue weighted by atomic mass is 10.2. The number of benzene rings is 2. The molecule has 0 aliphatic carbocycles. The normalized spacial score (nSPS) is 16.0. The van der Waals surface area contributed by atoms with E-state index in [0.717, 1.165) is 5.75 Å². The first kappa shape index (κ1) is 18.3. The monoisotopic (exact) mass is 409 g/mol. The molecule has 1 aliphatic rings. The van der Waals surface area contributed by atoms with Gasteiger partial charge in [-0.05, 0) is 48.9 Å². The molecule has 0 aromatic heterocycles. The molecule has 0 unspecified atom stereocenters. The van der Waals surface area contributed by atoms with Crippen molar-refractivity contribution in [2.75, 3.05) is 11.5 Å². The second-order valence-corrected chi connectivity index (χ2v) is 7.55. The Morgan fingerprint density at radius 1 is 1.20 bits per heavy atom. The van der Waals surface area contributed by atoms with Crippen molar-refractivity contribution in [3.05, 3.63) is 63.0 Å². The molecule has 0 saturated carbocycles. The van der Waals surface area contributed by atoms with Crippen LogP contribution in [0.2, 0.25) is 10.0 Å². The SMILES string of the molecule is CCOc1ccc(N2C(=O)/C(=C\c3cccc(Cl)c3Cl)SC2=S)cc1. The zero-order chi connectivity index (χ0) is 18.0. The van der Waals surface area contributed by atoms with E-state index >= 15 is 0 Å². The van der Waals surface area contributed by atoms with Crippen molar-refractivity contribution < 1.29 is 9.53 Å². The van der Waals surface area contributed by atoms with Gasteiger partial charge in [0.05, 0.1) is 27.2 Å². The van der Waals surface area contributed by atoms with Crippen LogP contribution in [0.25, 0.3) is 6.08 Å². The van der Waals surface area contributed by atoms with Gasteiger partial charge in [-0.25, -0.2) is 0 Å². The smallest absolute Gasteiger partial charge is 0.270 e. The minimum atomic E-state index is -0.185. The van der Waals surface area contributed by atoms with E-state index in [4.69, 9.17) is 40.2 Å². The molecule has 25 heavy (non-hydrogen) atoms. The highest BCUT2D eigenvalue weighted by Gasteiger charge is 2.33. The fraction of sp³-hybridized carbons (Fsp3) is 0.111. The Kier molecular flexibility index (Phi) is 5.69. The topological polar surface area (TPSA) is 29.5 Å². The van der Waals surface area contributed by atoms with Crippen LogP contribution in [0.15, 0.2) is 47.4 Å². The third-order valence-electron chi connectivity index (χ3n) is 3.47. The average Bonchev–Trinajstić information content (AvgIpc) is 2.87. The number of carbonyl (C=O) groups excluding carboxylic acids is 1. The average molecular weight is 410 g/mol. The molecule has 0 N–H and O–H groups in total. The maximum absolute atomic E-state index is 12.8. The van der Waals surface area contributed by atoms with Gasteiger partial charge in [0.15, 0.2) is 4.32 Å². The van der Waals surface area contributed by atoms with Crippen molar-refractivity contribution in [1.82, 2.24) is 0 Å². The fourth-order valence-corrected chi connectivity index (χ4v) is 3.97. The third-order valence-corrected chi connectivity index (χ3v) is 5.60. The number of thioether (sulfide) groups is 1. The van der Waals surface area contributed by atoms with E-state index in [0.29, 0.717) is 37.1 Å². The minimum absolute atomic E-state index is 0.185. The lowest BCUT2D eigenvalue weighted by Gasteiger charge is -2.15. The van der Waals surface area contributed by atoms with Gasteiger partial charge in [0, 0.05) is 0 Å². The maximum Gasteiger partial charge on any atom is 0.270 e. The number of anilines is 1. The molecule has 7 heteroatoms. The van der Waals surface area contributed by atoms with Crippen LogP contribution in [0, 0.1) is 0 Å². The Hall–Kier alpha value is -1.53. The molecular formula is C18H13Cl2NO2S2. The van der Waals surface area contributed by atoms with E-state index in [9.17, 15) is 4.79 Å². The summed E-state index contributed by atoms with van der Waals surface area (Å²) in [5.74, 6) is 0.563. The summed E-state index contributed by atoms with van der Waals surface area (Å²) in [6, 6.07) is 12.5. The van der Waals surface area contributed by atoms with Crippen molar-refractivity contribution in [3.63, 3.8) is 0 Å². The summed E-state index contributed by atoms with van der Waals surface area (Å²) in [6.45, 7) is 2.51. The summed E-state index contributed by atoms with van der Waals surface area (Å²) >= 11 is 18.8. The molecule has 128 valence electrons. The van der Waals surface area contributed by atoms with Gasteiger partial charge in [-0.15, -0.1) is 0 Å². The van der Waals surface area contributed by atoms with Crippen molar-refractivity contribution >= 4 is 69.2 Å². The molecule has 0 bridgehead atoms. The van der Waals surface area contributed by atoms with E-state index in [1.807, 2.05) is 31.2 Å². The number of halogens is 2. The summed E-state index contributed by atoms with van der Waals surface area (Å²) in [6.07, 6.45) is 1.71. The summed E-state index contributed by atoms with van der Waals surface area (Å²) in [4.78, 5) is 14.8. The predicted octanol–water partition coefficient (Wildman–Crippen LogP) is 5.80. The molecule has 3 nitrogen and oxygen atoms in total. The van der Waals surface area contributed by atoms with Gasteiger partial charge < -0.3 is 4.74 Å². The minimum Gasteiger partial charge on any atom is -0.494 e. The van der Waals surface area contributed by atoms with Crippen molar-refractivity contribution in [1.29, 1.82) is 0 Å². The van der Waals surface area contributed by atoms with E-state index in [-0.39, 0.29) is 5.91 Å². The molecule has 1 saturated heterocycles. The molecule has 1 aliphatic heterocycles. The molecule has 0 spiro atoms. The largest absolute Gasteiger partial charge is 0.494 e. The lowest BCUT2D eigenvalue weighted by Crippen LogP contribution is -2.27. The molecule has 2 aromatic carbocycles. The molecule has 1 fully saturated rings. The van der Waals surface area contributed by atoms with Crippen molar-refractivity contribution in [3.8, 4) is 5.75 Å². The lowest BCUT2D eigenvalue weighted by molar-refractivity contribution is -0.113. The highest BCUT2D eigenvalue weighted by atomic mass is 35.5. The maximum atomic E-state index is 12.8. The third kappa shape index (κ3) is 3.85. The molecule has 3 rings (SSSR count). The van der Waals surface area contributed by atoms with Crippen LogP contribution in [0.5, 0.6) is 5.75 Å². The van der Waals surface area contributed by atoms with Gasteiger partial charge in [-0.3, -0.25) is 9.69 Å².